The van der Waals surface area contributed by atoms with Gasteiger partial charge in [-0.25, -0.2) is 4.79 Å². The summed E-state index contributed by atoms with van der Waals surface area (Å²) >= 11 is 0. The quantitative estimate of drug-likeness (QED) is 0.644. The summed E-state index contributed by atoms with van der Waals surface area (Å²) < 4.78 is 41.9. The Hall–Kier alpha value is -2.31. The van der Waals surface area contributed by atoms with E-state index >= 15 is 0 Å². The Morgan fingerprint density at radius 2 is 1.87 bits per heavy atom. The van der Waals surface area contributed by atoms with E-state index in [0.29, 0.717) is 5.56 Å². The highest BCUT2D eigenvalue weighted by Crippen LogP contribution is 2.29. The largest absolute Gasteiger partial charge is 0.452 e. The molecule has 0 bridgehead atoms. The predicted molar refractivity (Wildman–Crippen MR) is 79.3 cm³/mol. The highest BCUT2D eigenvalue weighted by molar-refractivity contribution is 5.89. The van der Waals surface area contributed by atoms with Crippen molar-refractivity contribution in [2.45, 2.75) is 32.5 Å². The van der Waals surface area contributed by atoms with E-state index in [1.165, 1.54) is 18.2 Å². The molecule has 23 heavy (non-hydrogen) atoms. The molecule has 7 heteroatoms. The molecular formula is C16H18F3NO3. The van der Waals surface area contributed by atoms with Gasteiger partial charge in [-0.2, -0.15) is 13.2 Å². The number of nitrogens with one attached hydrogen (secondary N) is 1. The number of rotatable bonds is 6. The van der Waals surface area contributed by atoms with Crippen LogP contribution in [0.1, 0.15) is 31.4 Å². The van der Waals surface area contributed by atoms with Gasteiger partial charge in [0, 0.05) is 12.1 Å². The van der Waals surface area contributed by atoms with E-state index in [-0.39, 0.29) is 6.04 Å². The van der Waals surface area contributed by atoms with Crippen LogP contribution in [-0.4, -0.2) is 24.5 Å². The molecule has 126 valence electrons. The highest BCUT2D eigenvalue weighted by atomic mass is 19.4. The van der Waals surface area contributed by atoms with Gasteiger partial charge >= 0.3 is 12.1 Å². The molecule has 1 N–H and O–H groups in total. The minimum atomic E-state index is -4.40. The van der Waals surface area contributed by atoms with E-state index < -0.39 is 30.2 Å². The third-order valence-electron chi connectivity index (χ3n) is 3.02. The van der Waals surface area contributed by atoms with Gasteiger partial charge in [0.15, 0.2) is 6.61 Å². The van der Waals surface area contributed by atoms with Crippen molar-refractivity contribution in [1.82, 2.24) is 5.32 Å². The van der Waals surface area contributed by atoms with Gasteiger partial charge in [-0.1, -0.05) is 19.1 Å². The van der Waals surface area contributed by atoms with Crippen molar-refractivity contribution in [2.24, 2.45) is 0 Å². The Morgan fingerprint density at radius 1 is 1.26 bits per heavy atom. The molecule has 0 aromatic heterocycles. The van der Waals surface area contributed by atoms with Crippen molar-refractivity contribution >= 4 is 18.0 Å². The van der Waals surface area contributed by atoms with Gasteiger partial charge in [0.1, 0.15) is 0 Å². The van der Waals surface area contributed by atoms with Crippen LogP contribution in [0.4, 0.5) is 13.2 Å². The van der Waals surface area contributed by atoms with Crippen molar-refractivity contribution in [1.29, 1.82) is 0 Å². The number of alkyl halides is 3. The average molecular weight is 329 g/mol. The number of benzene rings is 1. The standard InChI is InChI=1S/C16H18F3NO3/c1-3-11(2)20-14(21)10-23-15(22)9-6-12-4-7-13(8-5-12)16(17,18)19/h4-9,11H,3,10H2,1-2H3,(H,20,21)/b9-6+/t11-/m1/s1. The molecule has 1 rings (SSSR count). The predicted octanol–water partition coefficient (Wildman–Crippen LogP) is 3.18. The zero-order valence-corrected chi connectivity index (χ0v) is 12.8. The number of amides is 1. The fourth-order valence-corrected chi connectivity index (χ4v) is 1.55. The monoisotopic (exact) mass is 329 g/mol. The molecule has 0 radical (unpaired) electrons. The first-order valence-electron chi connectivity index (χ1n) is 7.03. The maximum atomic E-state index is 12.4. The number of carbonyl (C=O) groups excluding carboxylic acids is 2. The first kappa shape index (κ1) is 18.7. The normalized spacial score (nSPS) is 12.9. The van der Waals surface area contributed by atoms with Gasteiger partial charge in [-0.15, -0.1) is 0 Å². The van der Waals surface area contributed by atoms with Gasteiger partial charge in [-0.3, -0.25) is 4.79 Å². The first-order chi connectivity index (χ1) is 10.7. The van der Waals surface area contributed by atoms with E-state index in [2.05, 4.69) is 5.32 Å². The fourth-order valence-electron chi connectivity index (χ4n) is 1.55. The molecule has 0 unspecified atom stereocenters. The summed E-state index contributed by atoms with van der Waals surface area (Å²) in [4.78, 5) is 22.8. The second-order valence-electron chi connectivity index (χ2n) is 4.94. The summed E-state index contributed by atoms with van der Waals surface area (Å²) in [7, 11) is 0. The number of esters is 1. The topological polar surface area (TPSA) is 55.4 Å². The van der Waals surface area contributed by atoms with Crippen LogP contribution in [-0.2, 0) is 20.5 Å². The van der Waals surface area contributed by atoms with Crippen LogP contribution in [0.15, 0.2) is 30.3 Å². The lowest BCUT2D eigenvalue weighted by Gasteiger charge is -2.10. The van der Waals surface area contributed by atoms with E-state index in [1.807, 2.05) is 13.8 Å². The molecule has 1 aromatic rings. The van der Waals surface area contributed by atoms with Crippen LogP contribution in [0.25, 0.3) is 6.08 Å². The molecule has 0 heterocycles. The summed E-state index contributed by atoms with van der Waals surface area (Å²) in [5, 5.41) is 2.63. The summed E-state index contributed by atoms with van der Waals surface area (Å²) in [6, 6.07) is 4.31. The zero-order valence-electron chi connectivity index (χ0n) is 12.8. The Kier molecular flexibility index (Phi) is 6.81. The smallest absolute Gasteiger partial charge is 0.416 e. The van der Waals surface area contributed by atoms with Crippen LogP contribution < -0.4 is 5.32 Å². The van der Waals surface area contributed by atoms with Crippen molar-refractivity contribution < 1.29 is 27.5 Å². The first-order valence-corrected chi connectivity index (χ1v) is 7.03. The minimum absolute atomic E-state index is 0.0103. The number of hydrogen-bond acceptors (Lipinski definition) is 3. The molecule has 1 amide bonds. The highest BCUT2D eigenvalue weighted by Gasteiger charge is 2.29. The summed E-state index contributed by atoms with van der Waals surface area (Å²) in [6.45, 7) is 3.33. The summed E-state index contributed by atoms with van der Waals surface area (Å²) in [5.41, 5.74) is -0.349. The molecule has 1 atom stereocenters. The number of hydrogen-bond donors (Lipinski definition) is 1. The van der Waals surface area contributed by atoms with Gasteiger partial charge in [-0.05, 0) is 37.1 Å². The molecular weight excluding hydrogens is 311 g/mol. The number of halogens is 3. The average Bonchev–Trinajstić information content (AvgIpc) is 2.50. The van der Waals surface area contributed by atoms with Gasteiger partial charge in [0.25, 0.3) is 5.91 Å². The van der Waals surface area contributed by atoms with Gasteiger partial charge in [0.05, 0.1) is 5.56 Å². The summed E-state index contributed by atoms with van der Waals surface area (Å²) in [6.07, 6.45) is -1.27. The third kappa shape index (κ3) is 6.99. The molecule has 4 nitrogen and oxygen atoms in total. The maximum absolute atomic E-state index is 12.4. The Balaban J connectivity index is 2.48. The molecule has 0 aliphatic rings. The Labute approximate surface area is 132 Å². The minimum Gasteiger partial charge on any atom is -0.452 e. The number of ether oxygens (including phenoxy) is 1. The van der Waals surface area contributed by atoms with Crippen LogP contribution in [0.2, 0.25) is 0 Å². The van der Waals surface area contributed by atoms with Crippen LogP contribution in [0.3, 0.4) is 0 Å². The zero-order chi connectivity index (χ0) is 17.5. The maximum Gasteiger partial charge on any atom is 0.416 e. The van der Waals surface area contributed by atoms with Crippen molar-refractivity contribution in [3.05, 3.63) is 41.5 Å². The van der Waals surface area contributed by atoms with Crippen molar-refractivity contribution in [3.8, 4) is 0 Å². The van der Waals surface area contributed by atoms with Crippen molar-refractivity contribution in [2.75, 3.05) is 6.61 Å². The fraction of sp³-hybridized carbons (Fsp3) is 0.375. The molecule has 0 aliphatic heterocycles. The van der Waals surface area contributed by atoms with Gasteiger partial charge < -0.3 is 10.1 Å². The van der Waals surface area contributed by atoms with E-state index in [9.17, 15) is 22.8 Å². The van der Waals surface area contributed by atoms with E-state index in [0.717, 1.165) is 24.6 Å². The molecule has 0 aliphatic carbocycles. The summed E-state index contributed by atoms with van der Waals surface area (Å²) in [5.74, 6) is -1.15. The second-order valence-corrected chi connectivity index (χ2v) is 4.94. The lowest BCUT2D eigenvalue weighted by molar-refractivity contribution is -0.144. The molecule has 0 saturated carbocycles. The molecule has 1 aromatic carbocycles. The van der Waals surface area contributed by atoms with Crippen LogP contribution in [0.5, 0.6) is 0 Å². The molecule has 0 saturated heterocycles. The Morgan fingerprint density at radius 3 is 2.39 bits per heavy atom. The third-order valence-corrected chi connectivity index (χ3v) is 3.02. The Bertz CT molecular complexity index is 565. The molecule has 0 spiro atoms. The van der Waals surface area contributed by atoms with Crippen LogP contribution in [0, 0.1) is 0 Å². The lowest BCUT2D eigenvalue weighted by atomic mass is 10.1. The lowest BCUT2D eigenvalue weighted by Crippen LogP contribution is -2.35. The SMILES string of the molecule is CC[C@@H](C)NC(=O)COC(=O)/C=C/c1ccc(C(F)(F)F)cc1. The number of carbonyl (C=O) groups is 2. The molecule has 0 fully saturated rings. The second kappa shape index (κ2) is 8.36. The van der Waals surface area contributed by atoms with Crippen molar-refractivity contribution in [3.63, 3.8) is 0 Å². The van der Waals surface area contributed by atoms with Crippen LogP contribution >= 0.6 is 0 Å². The van der Waals surface area contributed by atoms with E-state index in [1.54, 1.807) is 0 Å². The van der Waals surface area contributed by atoms with Gasteiger partial charge in [0.2, 0.25) is 0 Å². The van der Waals surface area contributed by atoms with E-state index in [4.69, 9.17) is 4.74 Å².